The van der Waals surface area contributed by atoms with Crippen LogP contribution in [-0.2, 0) is 0 Å². The molecule has 0 aliphatic carbocycles. The molecule has 0 nitrogen and oxygen atoms in total. The Balaban J connectivity index is 3.39. The van der Waals surface area contributed by atoms with Crippen molar-refractivity contribution in [2.24, 2.45) is 5.92 Å². The SMILES string of the molecule is CC=C(C)CC(C)C. The third-order valence-corrected chi connectivity index (χ3v) is 1.22. The Hall–Kier alpha value is -0.260. The normalized spacial score (nSPS) is 12.9. The van der Waals surface area contributed by atoms with Gasteiger partial charge in [-0.3, -0.25) is 0 Å². The summed E-state index contributed by atoms with van der Waals surface area (Å²) in [7, 11) is 0. The van der Waals surface area contributed by atoms with E-state index in [0.29, 0.717) is 0 Å². The first-order chi connectivity index (χ1) is 3.66. The maximum absolute atomic E-state index is 2.24. The third kappa shape index (κ3) is 3.91. The first-order valence-electron chi connectivity index (χ1n) is 3.28. The zero-order valence-electron chi connectivity index (χ0n) is 6.36. The van der Waals surface area contributed by atoms with Crippen molar-refractivity contribution in [3.8, 4) is 0 Å². The van der Waals surface area contributed by atoms with Crippen LogP contribution in [0.5, 0.6) is 0 Å². The van der Waals surface area contributed by atoms with Crippen LogP contribution in [0, 0.1) is 5.92 Å². The predicted octanol–water partition coefficient (Wildman–Crippen LogP) is 3.00. The summed E-state index contributed by atoms with van der Waals surface area (Å²) in [4.78, 5) is 0. The van der Waals surface area contributed by atoms with Gasteiger partial charge in [-0.05, 0) is 26.2 Å². The summed E-state index contributed by atoms with van der Waals surface area (Å²) in [5, 5.41) is 0. The Bertz CT molecular complexity index is 78.0. The highest BCUT2D eigenvalue weighted by molar-refractivity contribution is 4.95. The fourth-order valence-corrected chi connectivity index (χ4v) is 0.762. The molecule has 0 saturated heterocycles. The zero-order valence-corrected chi connectivity index (χ0v) is 6.36. The van der Waals surface area contributed by atoms with Gasteiger partial charge in [-0.1, -0.05) is 25.5 Å². The lowest BCUT2D eigenvalue weighted by Gasteiger charge is -2.01. The van der Waals surface area contributed by atoms with Crippen molar-refractivity contribution < 1.29 is 0 Å². The molecule has 48 valence electrons. The minimum atomic E-state index is 0.811. The predicted molar refractivity (Wildman–Crippen MR) is 38.9 cm³/mol. The molecular formula is C8H16. The van der Waals surface area contributed by atoms with Gasteiger partial charge in [0.15, 0.2) is 0 Å². The smallest absolute Gasteiger partial charge is 0.0300 e. The molecule has 0 atom stereocenters. The molecule has 0 aliphatic rings. The topological polar surface area (TPSA) is 0 Å². The van der Waals surface area contributed by atoms with Crippen molar-refractivity contribution in [1.29, 1.82) is 0 Å². The van der Waals surface area contributed by atoms with E-state index < -0.39 is 0 Å². The van der Waals surface area contributed by atoms with Crippen molar-refractivity contribution in [2.75, 3.05) is 0 Å². The molecule has 0 amide bonds. The van der Waals surface area contributed by atoms with Crippen LogP contribution in [0.1, 0.15) is 34.1 Å². The van der Waals surface area contributed by atoms with Crippen molar-refractivity contribution in [3.05, 3.63) is 11.6 Å². The molecule has 0 radical (unpaired) electrons. The number of hydrogen-bond donors (Lipinski definition) is 0. The highest BCUT2D eigenvalue weighted by Crippen LogP contribution is 2.08. The molecular weight excluding hydrogens is 96.1 g/mol. The lowest BCUT2D eigenvalue weighted by Crippen LogP contribution is -1.86. The molecule has 0 saturated carbocycles. The second-order valence-electron chi connectivity index (χ2n) is 2.73. The Kier molecular flexibility index (Phi) is 3.59. The highest BCUT2D eigenvalue weighted by Gasteiger charge is 1.91. The number of allylic oxidation sites excluding steroid dienone is 2. The van der Waals surface area contributed by atoms with Crippen molar-refractivity contribution >= 4 is 0 Å². The lowest BCUT2D eigenvalue weighted by atomic mass is 10.0. The monoisotopic (exact) mass is 112 g/mol. The van der Waals surface area contributed by atoms with Crippen molar-refractivity contribution in [1.82, 2.24) is 0 Å². The first-order valence-corrected chi connectivity index (χ1v) is 3.28. The van der Waals surface area contributed by atoms with E-state index in [2.05, 4.69) is 33.8 Å². The van der Waals surface area contributed by atoms with E-state index >= 15 is 0 Å². The summed E-state index contributed by atoms with van der Waals surface area (Å²) in [6.45, 7) is 8.76. The van der Waals surface area contributed by atoms with Gasteiger partial charge >= 0.3 is 0 Å². The van der Waals surface area contributed by atoms with E-state index in [-0.39, 0.29) is 0 Å². The standard InChI is InChI=1S/C8H16/c1-5-8(4)6-7(2)3/h5,7H,6H2,1-4H3. The van der Waals surface area contributed by atoms with Crippen molar-refractivity contribution in [2.45, 2.75) is 34.1 Å². The molecule has 0 fully saturated rings. The molecule has 8 heavy (non-hydrogen) atoms. The second kappa shape index (κ2) is 3.71. The molecule has 0 aliphatic heterocycles. The maximum atomic E-state index is 2.24. The van der Waals surface area contributed by atoms with Gasteiger partial charge in [-0.25, -0.2) is 0 Å². The summed E-state index contributed by atoms with van der Waals surface area (Å²) in [5.41, 5.74) is 1.50. The average Bonchev–Trinajstić information content (AvgIpc) is 1.65. The first kappa shape index (κ1) is 7.74. The van der Waals surface area contributed by atoms with E-state index in [1.807, 2.05) is 0 Å². The Labute approximate surface area is 52.6 Å². The molecule has 0 spiro atoms. The van der Waals surface area contributed by atoms with Crippen LogP contribution < -0.4 is 0 Å². The van der Waals surface area contributed by atoms with Gasteiger partial charge in [-0.15, -0.1) is 0 Å². The molecule has 0 aromatic heterocycles. The van der Waals surface area contributed by atoms with E-state index in [1.165, 1.54) is 12.0 Å². The van der Waals surface area contributed by atoms with Gasteiger partial charge in [0.1, 0.15) is 0 Å². The van der Waals surface area contributed by atoms with E-state index in [4.69, 9.17) is 0 Å². The second-order valence-corrected chi connectivity index (χ2v) is 2.73. The van der Waals surface area contributed by atoms with Crippen LogP contribution in [0.15, 0.2) is 11.6 Å². The Morgan fingerprint density at radius 3 is 2.12 bits per heavy atom. The molecule has 0 N–H and O–H groups in total. The molecule has 0 heteroatoms. The minimum Gasteiger partial charge on any atom is -0.0887 e. The maximum Gasteiger partial charge on any atom is -0.0300 e. The molecule has 0 aromatic rings. The average molecular weight is 112 g/mol. The highest BCUT2D eigenvalue weighted by atomic mass is 14.0. The van der Waals surface area contributed by atoms with Gasteiger partial charge < -0.3 is 0 Å². The molecule has 0 rings (SSSR count). The van der Waals surface area contributed by atoms with Crippen LogP contribution in [0.3, 0.4) is 0 Å². The Morgan fingerprint density at radius 1 is 1.50 bits per heavy atom. The fraction of sp³-hybridized carbons (Fsp3) is 0.750. The van der Waals surface area contributed by atoms with Crippen LogP contribution in [0.2, 0.25) is 0 Å². The summed E-state index contributed by atoms with van der Waals surface area (Å²) >= 11 is 0. The van der Waals surface area contributed by atoms with E-state index in [9.17, 15) is 0 Å². The summed E-state index contributed by atoms with van der Waals surface area (Å²) < 4.78 is 0. The zero-order chi connectivity index (χ0) is 6.57. The minimum absolute atomic E-state index is 0.811. The third-order valence-electron chi connectivity index (χ3n) is 1.22. The van der Waals surface area contributed by atoms with Gasteiger partial charge in [0.2, 0.25) is 0 Å². The number of rotatable bonds is 2. The molecule has 0 aromatic carbocycles. The van der Waals surface area contributed by atoms with E-state index in [1.54, 1.807) is 0 Å². The van der Waals surface area contributed by atoms with Gasteiger partial charge in [-0.2, -0.15) is 0 Å². The molecule has 0 bridgehead atoms. The van der Waals surface area contributed by atoms with Gasteiger partial charge in [0.05, 0.1) is 0 Å². The summed E-state index contributed by atoms with van der Waals surface area (Å²) in [6, 6.07) is 0. The summed E-state index contributed by atoms with van der Waals surface area (Å²) in [5.74, 6) is 0.811. The van der Waals surface area contributed by atoms with Gasteiger partial charge in [0.25, 0.3) is 0 Å². The quantitative estimate of drug-likeness (QED) is 0.482. The molecule has 0 heterocycles. The molecule has 0 unspecified atom stereocenters. The summed E-state index contributed by atoms with van der Waals surface area (Å²) in [6.07, 6.45) is 3.43. The van der Waals surface area contributed by atoms with Gasteiger partial charge in [0, 0.05) is 0 Å². The fourth-order valence-electron chi connectivity index (χ4n) is 0.762. The number of hydrogen-bond acceptors (Lipinski definition) is 0. The van der Waals surface area contributed by atoms with Crippen LogP contribution in [-0.4, -0.2) is 0 Å². The van der Waals surface area contributed by atoms with Crippen LogP contribution in [0.25, 0.3) is 0 Å². The van der Waals surface area contributed by atoms with Crippen LogP contribution in [0.4, 0.5) is 0 Å². The lowest BCUT2D eigenvalue weighted by molar-refractivity contribution is 0.642. The Morgan fingerprint density at radius 2 is 2.00 bits per heavy atom. The van der Waals surface area contributed by atoms with E-state index in [0.717, 1.165) is 5.92 Å². The van der Waals surface area contributed by atoms with Crippen LogP contribution >= 0.6 is 0 Å². The van der Waals surface area contributed by atoms with Crippen molar-refractivity contribution in [3.63, 3.8) is 0 Å². The largest absolute Gasteiger partial charge is 0.0887 e.